The second kappa shape index (κ2) is 12.8. The lowest BCUT2D eigenvalue weighted by Gasteiger charge is -2.37. The molecule has 2 aromatic rings. The number of aliphatic imine (C=N–C) groups is 1. The van der Waals surface area contributed by atoms with Crippen LogP contribution in [0.15, 0.2) is 34.6 Å². The molecule has 0 amide bonds. The van der Waals surface area contributed by atoms with Crippen molar-refractivity contribution < 1.29 is 13.9 Å². The normalized spacial score (nSPS) is 16.8. The summed E-state index contributed by atoms with van der Waals surface area (Å²) in [5.41, 5.74) is 1.98. The lowest BCUT2D eigenvalue weighted by atomic mass is 9.74. The van der Waals surface area contributed by atoms with Gasteiger partial charge in [0.1, 0.15) is 16.9 Å². The number of ether oxygens (including phenoxy) is 2. The summed E-state index contributed by atoms with van der Waals surface area (Å²) in [5, 5.41) is 6.45. The minimum atomic E-state index is -0.215. The first kappa shape index (κ1) is 26.9. The molecule has 1 aliphatic rings. The van der Waals surface area contributed by atoms with E-state index in [1.54, 1.807) is 18.4 Å². The van der Waals surface area contributed by atoms with Crippen molar-refractivity contribution in [2.45, 2.75) is 44.8 Å². The van der Waals surface area contributed by atoms with E-state index in [4.69, 9.17) is 19.5 Å². The van der Waals surface area contributed by atoms with Crippen LogP contribution in [0, 0.1) is 5.82 Å². The average molecular weight is 577 g/mol. The van der Waals surface area contributed by atoms with Gasteiger partial charge < -0.3 is 19.7 Å². The molecule has 9 heteroatoms. The zero-order valence-electron chi connectivity index (χ0n) is 19.3. The van der Waals surface area contributed by atoms with Crippen molar-refractivity contribution in [3.8, 4) is 0 Å². The molecule has 0 saturated carbocycles. The first-order valence-corrected chi connectivity index (χ1v) is 11.7. The second-order valence-electron chi connectivity index (χ2n) is 7.98. The van der Waals surface area contributed by atoms with Crippen molar-refractivity contribution in [1.82, 2.24) is 15.2 Å². The molecule has 0 aliphatic carbocycles. The van der Waals surface area contributed by atoms with Crippen molar-refractivity contribution in [1.29, 1.82) is 0 Å². The van der Waals surface area contributed by atoms with Crippen LogP contribution in [-0.4, -0.2) is 56.3 Å². The van der Waals surface area contributed by atoms with Gasteiger partial charge in [0, 0.05) is 44.7 Å². The standard InChI is InChI=1S/C23H33FN4O2S.HI/c1-5-25-22(28(3)14-20-15-31-21(27-20)17(2)29-4)26-16-23(10-12-30-13-11-23)18-6-8-19(24)9-7-18;/h6-9,15,17H,5,10-14,16H2,1-4H3,(H,25,26);1H. The van der Waals surface area contributed by atoms with Gasteiger partial charge in [-0.15, -0.1) is 35.3 Å². The summed E-state index contributed by atoms with van der Waals surface area (Å²) in [5.74, 6) is 0.623. The number of hydrogen-bond acceptors (Lipinski definition) is 5. The van der Waals surface area contributed by atoms with Crippen LogP contribution >= 0.6 is 35.3 Å². The molecule has 2 heterocycles. The van der Waals surface area contributed by atoms with Gasteiger partial charge in [-0.2, -0.15) is 0 Å². The van der Waals surface area contributed by atoms with E-state index in [1.807, 2.05) is 26.1 Å². The molecule has 1 unspecified atom stereocenters. The third kappa shape index (κ3) is 6.85. The summed E-state index contributed by atoms with van der Waals surface area (Å²) in [6.45, 7) is 7.51. The smallest absolute Gasteiger partial charge is 0.194 e. The lowest BCUT2D eigenvalue weighted by Crippen LogP contribution is -2.41. The first-order chi connectivity index (χ1) is 15.0. The van der Waals surface area contributed by atoms with Crippen LogP contribution in [0.1, 0.15) is 49.1 Å². The Morgan fingerprint density at radius 3 is 2.66 bits per heavy atom. The number of guanidine groups is 1. The van der Waals surface area contributed by atoms with E-state index in [2.05, 4.69) is 22.5 Å². The molecule has 6 nitrogen and oxygen atoms in total. The highest BCUT2D eigenvalue weighted by Gasteiger charge is 2.34. The number of hydrogen-bond donors (Lipinski definition) is 1. The zero-order valence-corrected chi connectivity index (χ0v) is 22.4. The van der Waals surface area contributed by atoms with Gasteiger partial charge in [-0.1, -0.05) is 12.1 Å². The van der Waals surface area contributed by atoms with Crippen LogP contribution < -0.4 is 5.32 Å². The van der Waals surface area contributed by atoms with Crippen LogP contribution in [0.3, 0.4) is 0 Å². The Bertz CT molecular complexity index is 856. The van der Waals surface area contributed by atoms with Gasteiger partial charge >= 0.3 is 0 Å². The average Bonchev–Trinajstić information content (AvgIpc) is 3.25. The predicted octanol–water partition coefficient (Wildman–Crippen LogP) is 4.75. The molecule has 0 bridgehead atoms. The Morgan fingerprint density at radius 1 is 1.34 bits per heavy atom. The molecule has 3 rings (SSSR count). The van der Waals surface area contributed by atoms with Gasteiger partial charge in [-0.3, -0.25) is 4.99 Å². The van der Waals surface area contributed by atoms with Crippen LogP contribution in [0.4, 0.5) is 4.39 Å². The van der Waals surface area contributed by atoms with Crippen molar-refractivity contribution >= 4 is 41.3 Å². The molecule has 1 aromatic heterocycles. The minimum absolute atomic E-state index is 0. The quantitative estimate of drug-likeness (QED) is 0.279. The third-order valence-electron chi connectivity index (χ3n) is 5.80. The molecule has 1 saturated heterocycles. The van der Waals surface area contributed by atoms with Crippen LogP contribution in [-0.2, 0) is 21.4 Å². The fourth-order valence-electron chi connectivity index (χ4n) is 3.80. The Balaban J connectivity index is 0.00000363. The number of nitrogens with one attached hydrogen (secondary N) is 1. The van der Waals surface area contributed by atoms with E-state index in [9.17, 15) is 4.39 Å². The Labute approximate surface area is 211 Å². The van der Waals surface area contributed by atoms with Gasteiger partial charge in [0.05, 0.1) is 18.8 Å². The summed E-state index contributed by atoms with van der Waals surface area (Å²) in [7, 11) is 3.72. The highest BCUT2D eigenvalue weighted by Crippen LogP contribution is 2.35. The van der Waals surface area contributed by atoms with E-state index < -0.39 is 0 Å². The molecule has 32 heavy (non-hydrogen) atoms. The molecule has 1 aliphatic heterocycles. The van der Waals surface area contributed by atoms with E-state index in [0.717, 1.165) is 41.6 Å². The highest BCUT2D eigenvalue weighted by atomic mass is 127. The number of methoxy groups -OCH3 is 1. The van der Waals surface area contributed by atoms with Crippen LogP contribution in [0.25, 0.3) is 0 Å². The molecule has 1 N–H and O–H groups in total. The molecule has 1 atom stereocenters. The lowest BCUT2D eigenvalue weighted by molar-refractivity contribution is 0.0530. The highest BCUT2D eigenvalue weighted by molar-refractivity contribution is 14.0. The van der Waals surface area contributed by atoms with E-state index in [0.29, 0.717) is 26.3 Å². The van der Waals surface area contributed by atoms with E-state index in [-0.39, 0.29) is 41.3 Å². The third-order valence-corrected chi connectivity index (χ3v) is 6.86. The van der Waals surface area contributed by atoms with Crippen molar-refractivity contribution in [3.63, 3.8) is 0 Å². The predicted molar refractivity (Wildman–Crippen MR) is 139 cm³/mol. The summed E-state index contributed by atoms with van der Waals surface area (Å²) in [6.07, 6.45) is 1.74. The molecule has 1 fully saturated rings. The van der Waals surface area contributed by atoms with E-state index >= 15 is 0 Å². The fraction of sp³-hybridized carbons (Fsp3) is 0.565. The van der Waals surface area contributed by atoms with Crippen LogP contribution in [0.5, 0.6) is 0 Å². The molecule has 178 valence electrons. The monoisotopic (exact) mass is 576 g/mol. The summed E-state index contributed by atoms with van der Waals surface area (Å²) >= 11 is 1.62. The van der Waals surface area contributed by atoms with E-state index in [1.165, 1.54) is 12.1 Å². The van der Waals surface area contributed by atoms with Crippen LogP contribution in [0.2, 0.25) is 0 Å². The van der Waals surface area contributed by atoms with Gasteiger partial charge in [-0.05, 0) is 44.4 Å². The minimum Gasteiger partial charge on any atom is -0.381 e. The number of thiazole rings is 1. The molecular formula is C23H34FIN4O2S. The van der Waals surface area contributed by atoms with Gasteiger partial charge in [0.2, 0.25) is 0 Å². The summed E-state index contributed by atoms with van der Waals surface area (Å²) in [6, 6.07) is 6.85. The van der Waals surface area contributed by atoms with Crippen molar-refractivity contribution in [2.75, 3.05) is 40.5 Å². The maximum atomic E-state index is 13.5. The number of aromatic nitrogens is 1. The second-order valence-corrected chi connectivity index (χ2v) is 8.87. The molecule has 1 aromatic carbocycles. The maximum Gasteiger partial charge on any atom is 0.194 e. The number of halogens is 2. The summed E-state index contributed by atoms with van der Waals surface area (Å²) in [4.78, 5) is 11.8. The molecule has 0 radical (unpaired) electrons. The largest absolute Gasteiger partial charge is 0.381 e. The Morgan fingerprint density at radius 2 is 2.03 bits per heavy atom. The zero-order chi connectivity index (χ0) is 22.3. The Hall–Kier alpha value is -1.30. The molecular weight excluding hydrogens is 542 g/mol. The summed E-state index contributed by atoms with van der Waals surface area (Å²) < 4.78 is 24.5. The van der Waals surface area contributed by atoms with Gasteiger partial charge in [0.15, 0.2) is 5.96 Å². The first-order valence-electron chi connectivity index (χ1n) is 10.8. The van der Waals surface area contributed by atoms with Crippen molar-refractivity contribution in [3.05, 3.63) is 51.7 Å². The van der Waals surface area contributed by atoms with Gasteiger partial charge in [-0.25, -0.2) is 9.37 Å². The number of benzene rings is 1. The SMILES string of the molecule is CCNC(=NCC1(c2ccc(F)cc2)CCOCC1)N(C)Cc1csc(C(C)OC)n1.I. The fourth-order valence-corrected chi connectivity index (χ4v) is 4.64. The Kier molecular flexibility index (Phi) is 10.8. The van der Waals surface area contributed by atoms with Gasteiger partial charge in [0.25, 0.3) is 0 Å². The van der Waals surface area contributed by atoms with Crippen molar-refractivity contribution in [2.24, 2.45) is 4.99 Å². The number of rotatable bonds is 8. The molecule has 0 spiro atoms. The maximum absolute atomic E-state index is 13.5. The number of nitrogens with zero attached hydrogens (tertiary/aromatic N) is 3. The topological polar surface area (TPSA) is 59.0 Å².